The number of fused-ring (bicyclic) bond motifs is 1. The molecule has 0 aliphatic carbocycles. The summed E-state index contributed by atoms with van der Waals surface area (Å²) in [5, 5.41) is 13.3. The quantitative estimate of drug-likeness (QED) is 0.266. The fourth-order valence-electron chi connectivity index (χ4n) is 3.78. The summed E-state index contributed by atoms with van der Waals surface area (Å²) >= 11 is 6.38. The molecule has 3 aromatic carbocycles. The van der Waals surface area contributed by atoms with Crippen LogP contribution in [0, 0.1) is 11.6 Å². The lowest BCUT2D eigenvalue weighted by atomic mass is 10.0. The fourth-order valence-corrected chi connectivity index (χ4v) is 4.02. The van der Waals surface area contributed by atoms with E-state index in [4.69, 9.17) is 19.4 Å². The highest BCUT2D eigenvalue weighted by atomic mass is 35.5. The van der Waals surface area contributed by atoms with Gasteiger partial charge in [-0.15, -0.1) is 0 Å². The molecule has 2 amide bonds. The summed E-state index contributed by atoms with van der Waals surface area (Å²) < 4.78 is 28.4. The Morgan fingerprint density at radius 3 is 2.49 bits per heavy atom. The Labute approximate surface area is 216 Å². The van der Waals surface area contributed by atoms with Crippen molar-refractivity contribution in [3.63, 3.8) is 0 Å². The number of anilines is 3. The van der Waals surface area contributed by atoms with Crippen molar-refractivity contribution in [1.82, 2.24) is 14.6 Å². The van der Waals surface area contributed by atoms with Crippen molar-refractivity contribution in [3.8, 4) is 11.3 Å². The second kappa shape index (κ2) is 10.3. The average Bonchev–Trinajstić information content (AvgIpc) is 3.23. The van der Waals surface area contributed by atoms with Crippen molar-refractivity contribution in [3.05, 3.63) is 101 Å². The second-order valence-corrected chi connectivity index (χ2v) is 8.54. The second-order valence-electron chi connectivity index (χ2n) is 8.13. The van der Waals surface area contributed by atoms with Crippen LogP contribution in [0.4, 0.5) is 30.8 Å². The number of halogens is 3. The Bertz CT molecular complexity index is 1610. The molecule has 11 heteroatoms. The Kier molecular flexibility index (Phi) is 6.74. The van der Waals surface area contributed by atoms with Crippen molar-refractivity contribution in [2.75, 3.05) is 16.0 Å². The predicted octanol–water partition coefficient (Wildman–Crippen LogP) is 5.38. The molecule has 0 saturated heterocycles. The number of amides is 2. The topological polar surface area (TPSA) is 83.3 Å². The van der Waals surface area contributed by atoms with Crippen molar-refractivity contribution in [2.24, 2.45) is 0 Å². The van der Waals surface area contributed by atoms with Crippen molar-refractivity contribution < 1.29 is 13.6 Å². The number of benzene rings is 3. The summed E-state index contributed by atoms with van der Waals surface area (Å²) in [5.41, 5.74) is 3.64. The Morgan fingerprint density at radius 2 is 1.70 bits per heavy atom. The van der Waals surface area contributed by atoms with E-state index in [0.29, 0.717) is 39.9 Å². The van der Waals surface area contributed by atoms with E-state index in [-0.39, 0.29) is 5.69 Å². The van der Waals surface area contributed by atoms with Crippen LogP contribution in [0.15, 0.2) is 79.0 Å². The molecular formula is C26H18BClF2N6O. The van der Waals surface area contributed by atoms with Crippen LogP contribution in [0.25, 0.3) is 16.9 Å². The minimum atomic E-state index is -0.787. The molecule has 0 unspecified atom stereocenters. The smallest absolute Gasteiger partial charge is 0.323 e. The van der Waals surface area contributed by atoms with Crippen LogP contribution in [0.2, 0.25) is 5.02 Å². The van der Waals surface area contributed by atoms with Crippen LogP contribution in [0.3, 0.4) is 0 Å². The van der Waals surface area contributed by atoms with Crippen LogP contribution in [0.1, 0.15) is 5.56 Å². The molecule has 2 radical (unpaired) electrons. The van der Waals surface area contributed by atoms with Gasteiger partial charge in [0.2, 0.25) is 0 Å². The Morgan fingerprint density at radius 1 is 0.946 bits per heavy atom. The van der Waals surface area contributed by atoms with Crippen LogP contribution in [-0.4, -0.2) is 28.5 Å². The Balaban J connectivity index is 1.33. The van der Waals surface area contributed by atoms with Crippen molar-refractivity contribution >= 4 is 53.8 Å². The molecule has 2 heterocycles. The zero-order valence-corrected chi connectivity index (χ0v) is 19.9. The van der Waals surface area contributed by atoms with E-state index < -0.39 is 17.7 Å². The van der Waals surface area contributed by atoms with E-state index in [1.54, 1.807) is 28.8 Å². The molecule has 5 rings (SSSR count). The number of urea groups is 1. The molecule has 0 saturated carbocycles. The number of hydrogen-bond donors (Lipinski definition) is 3. The first-order valence-electron chi connectivity index (χ1n) is 11.1. The van der Waals surface area contributed by atoms with Crippen LogP contribution >= 0.6 is 11.6 Å². The minimum Gasteiger partial charge on any atom is -0.366 e. The number of carbonyl (C=O) groups excluding carboxylic acids is 1. The summed E-state index contributed by atoms with van der Waals surface area (Å²) in [6.45, 7) is 0.382. The van der Waals surface area contributed by atoms with Gasteiger partial charge in [-0.1, -0.05) is 41.9 Å². The van der Waals surface area contributed by atoms with Crippen LogP contribution in [0.5, 0.6) is 0 Å². The van der Waals surface area contributed by atoms with Gasteiger partial charge in [0.05, 0.1) is 5.69 Å². The molecule has 0 fully saturated rings. The van der Waals surface area contributed by atoms with E-state index in [1.807, 2.05) is 30.3 Å². The fraction of sp³-hybridized carbons (Fsp3) is 0.0385. The number of carbonyl (C=O) groups is 1. The van der Waals surface area contributed by atoms with Crippen LogP contribution < -0.4 is 21.4 Å². The van der Waals surface area contributed by atoms with Gasteiger partial charge in [-0.3, -0.25) is 0 Å². The number of hydrogen-bond acceptors (Lipinski definition) is 4. The highest BCUT2D eigenvalue weighted by molar-refractivity contribution is 6.36. The van der Waals surface area contributed by atoms with E-state index >= 15 is 0 Å². The molecule has 0 bridgehead atoms. The van der Waals surface area contributed by atoms with Gasteiger partial charge >= 0.3 is 6.03 Å². The zero-order chi connectivity index (χ0) is 25.9. The molecular weight excluding hydrogens is 497 g/mol. The molecule has 7 nitrogen and oxygen atoms in total. The van der Waals surface area contributed by atoms with Crippen LogP contribution in [-0.2, 0) is 6.54 Å². The van der Waals surface area contributed by atoms with Gasteiger partial charge in [-0.05, 0) is 41.4 Å². The maximum absolute atomic E-state index is 13.4. The lowest BCUT2D eigenvalue weighted by molar-refractivity contribution is 0.262. The first-order valence-corrected chi connectivity index (χ1v) is 11.5. The molecule has 0 aliphatic rings. The standard InChI is InChI=1S/C26H18BClF2N6O/c27-21-14-32-36-24(12-23(35-25(21)36)20-6-1-2-7-22(20)28)31-13-15-4-3-5-18(8-15)33-26(37)34-19-10-16(29)9-17(30)11-19/h1-12,14,31H,13H2,(H2,33,34,37). The summed E-state index contributed by atoms with van der Waals surface area (Å²) in [4.78, 5) is 16.9. The zero-order valence-electron chi connectivity index (χ0n) is 19.2. The number of rotatable bonds is 6. The molecule has 0 atom stereocenters. The lowest BCUT2D eigenvalue weighted by Gasteiger charge is -2.13. The minimum absolute atomic E-state index is 0.00217. The summed E-state index contributed by atoms with van der Waals surface area (Å²) in [6, 6.07) is 18.5. The Hall–Kier alpha value is -4.44. The molecule has 37 heavy (non-hydrogen) atoms. The van der Waals surface area contributed by atoms with Gasteiger partial charge in [0.1, 0.15) is 25.3 Å². The number of aromatic nitrogens is 3. The van der Waals surface area contributed by atoms with E-state index in [0.717, 1.165) is 29.3 Å². The largest absolute Gasteiger partial charge is 0.366 e. The maximum Gasteiger partial charge on any atom is 0.323 e. The third-order valence-corrected chi connectivity index (χ3v) is 5.76. The van der Waals surface area contributed by atoms with Gasteiger partial charge in [0.25, 0.3) is 0 Å². The number of nitrogens with one attached hydrogen (secondary N) is 3. The van der Waals surface area contributed by atoms with Gasteiger partial charge in [0, 0.05) is 46.8 Å². The van der Waals surface area contributed by atoms with Gasteiger partial charge in [0.15, 0.2) is 5.65 Å². The highest BCUT2D eigenvalue weighted by Gasteiger charge is 2.13. The SMILES string of the molecule is [B]c1cnn2c(NCc3cccc(NC(=O)Nc4cc(F)cc(F)c4)c3)cc(-c3ccccc3Cl)nc12. The normalized spacial score (nSPS) is 10.9. The molecule has 5 aromatic rings. The average molecular weight is 515 g/mol. The predicted molar refractivity (Wildman–Crippen MR) is 142 cm³/mol. The third kappa shape index (κ3) is 5.54. The van der Waals surface area contributed by atoms with Gasteiger partial charge in [-0.2, -0.15) is 9.61 Å². The summed E-state index contributed by atoms with van der Waals surface area (Å²) in [7, 11) is 6.08. The molecule has 2 aromatic heterocycles. The van der Waals surface area contributed by atoms with E-state index in [2.05, 4.69) is 26.0 Å². The van der Waals surface area contributed by atoms with Gasteiger partial charge in [-0.25, -0.2) is 18.6 Å². The first kappa shape index (κ1) is 24.3. The maximum atomic E-state index is 13.4. The lowest BCUT2D eigenvalue weighted by Crippen LogP contribution is -2.19. The summed E-state index contributed by atoms with van der Waals surface area (Å²) in [5.74, 6) is -0.934. The van der Waals surface area contributed by atoms with E-state index in [1.165, 1.54) is 6.20 Å². The van der Waals surface area contributed by atoms with Crippen molar-refractivity contribution in [2.45, 2.75) is 6.54 Å². The molecule has 0 spiro atoms. The first-order chi connectivity index (χ1) is 17.9. The third-order valence-electron chi connectivity index (χ3n) is 5.43. The highest BCUT2D eigenvalue weighted by Crippen LogP contribution is 2.28. The molecule has 182 valence electrons. The van der Waals surface area contributed by atoms with E-state index in [9.17, 15) is 13.6 Å². The molecule has 3 N–H and O–H groups in total. The monoisotopic (exact) mass is 514 g/mol. The van der Waals surface area contributed by atoms with Gasteiger partial charge < -0.3 is 16.0 Å². The summed E-state index contributed by atoms with van der Waals surface area (Å²) in [6.07, 6.45) is 1.53. The van der Waals surface area contributed by atoms with Crippen molar-refractivity contribution in [1.29, 1.82) is 0 Å². The molecule has 0 aliphatic heterocycles. The number of nitrogens with zero attached hydrogens (tertiary/aromatic N) is 3.